The molecule has 1 saturated carbocycles. The van der Waals surface area contributed by atoms with E-state index in [0.717, 1.165) is 81.0 Å². The average Bonchev–Trinajstić information content (AvgIpc) is 3.06. The summed E-state index contributed by atoms with van der Waals surface area (Å²) in [6, 6.07) is 4.08. The molecule has 0 bridgehead atoms. The van der Waals surface area contributed by atoms with Gasteiger partial charge < -0.3 is 24.2 Å². The lowest BCUT2D eigenvalue weighted by Gasteiger charge is -2.35. The largest absolute Gasteiger partial charge is 0.507 e. The van der Waals surface area contributed by atoms with Crippen LogP contribution >= 0.6 is 0 Å². The maximum atomic E-state index is 12.9. The molecule has 2 heterocycles. The molecule has 0 aromatic heterocycles. The Morgan fingerprint density at radius 2 is 1.63 bits per heavy atom. The predicted molar refractivity (Wildman–Crippen MR) is 137 cm³/mol. The van der Waals surface area contributed by atoms with Gasteiger partial charge in [0.1, 0.15) is 5.57 Å². The van der Waals surface area contributed by atoms with E-state index in [1.807, 2.05) is 32.9 Å². The molecule has 2 aliphatic heterocycles. The number of piperazine rings is 1. The SMILES string of the molecule is CCN1CCN(CCOCCOC2CCC3(CC2)OC(=O)C(c2c(C)cc(C)cc2C)=C3O)CC1. The summed E-state index contributed by atoms with van der Waals surface area (Å²) in [7, 11) is 0. The summed E-state index contributed by atoms with van der Waals surface area (Å²) in [5.74, 6) is -0.319. The number of aliphatic hydroxyl groups is 1. The van der Waals surface area contributed by atoms with Crippen molar-refractivity contribution in [3.8, 4) is 0 Å². The summed E-state index contributed by atoms with van der Waals surface area (Å²) in [4.78, 5) is 17.8. The third kappa shape index (κ3) is 5.91. The molecule has 1 saturated heterocycles. The molecule has 0 amide bonds. The molecular formula is C28H42N2O5. The van der Waals surface area contributed by atoms with Crippen LogP contribution in [0.3, 0.4) is 0 Å². The quantitative estimate of drug-likeness (QED) is 0.421. The Kier molecular flexibility index (Phi) is 8.53. The maximum Gasteiger partial charge on any atom is 0.343 e. The lowest BCUT2D eigenvalue weighted by atomic mass is 9.80. The normalized spacial score (nSPS) is 26.1. The maximum absolute atomic E-state index is 12.9. The first-order valence-electron chi connectivity index (χ1n) is 13.2. The molecule has 0 unspecified atom stereocenters. The predicted octanol–water partition coefficient (Wildman–Crippen LogP) is 3.79. The van der Waals surface area contributed by atoms with Crippen molar-refractivity contribution in [3.63, 3.8) is 0 Å². The number of aliphatic hydroxyl groups excluding tert-OH is 1. The van der Waals surface area contributed by atoms with Crippen LogP contribution in [0.2, 0.25) is 0 Å². The zero-order chi connectivity index (χ0) is 25.0. The molecule has 0 atom stereocenters. The molecule has 194 valence electrons. The second-order valence-electron chi connectivity index (χ2n) is 10.3. The van der Waals surface area contributed by atoms with E-state index in [1.165, 1.54) is 0 Å². The van der Waals surface area contributed by atoms with Crippen molar-refractivity contribution in [2.24, 2.45) is 0 Å². The Balaban J connectivity index is 1.21. The molecule has 1 aromatic rings. The Labute approximate surface area is 210 Å². The number of hydrogen-bond donors (Lipinski definition) is 1. The Bertz CT molecular complexity index is 904. The number of benzene rings is 1. The van der Waals surface area contributed by atoms with Gasteiger partial charge in [0.05, 0.1) is 25.9 Å². The molecule has 4 rings (SSSR count). The Morgan fingerprint density at radius 3 is 2.26 bits per heavy atom. The first-order chi connectivity index (χ1) is 16.8. The lowest BCUT2D eigenvalue weighted by molar-refractivity contribution is -0.152. The zero-order valence-electron chi connectivity index (χ0n) is 21.9. The van der Waals surface area contributed by atoms with Gasteiger partial charge in [-0.15, -0.1) is 0 Å². The van der Waals surface area contributed by atoms with Gasteiger partial charge in [-0.25, -0.2) is 4.79 Å². The number of nitrogens with zero attached hydrogens (tertiary/aromatic N) is 2. The van der Waals surface area contributed by atoms with Gasteiger partial charge in [0, 0.05) is 32.7 Å². The highest BCUT2D eigenvalue weighted by atomic mass is 16.6. The topological polar surface area (TPSA) is 71.5 Å². The van der Waals surface area contributed by atoms with Crippen molar-refractivity contribution in [1.29, 1.82) is 0 Å². The van der Waals surface area contributed by atoms with Crippen LogP contribution in [0.5, 0.6) is 0 Å². The Morgan fingerprint density at radius 1 is 1.00 bits per heavy atom. The van der Waals surface area contributed by atoms with Crippen molar-refractivity contribution in [2.45, 2.75) is 65.1 Å². The number of likely N-dealkylation sites (N-methyl/N-ethyl adjacent to an activating group) is 1. The van der Waals surface area contributed by atoms with Gasteiger partial charge in [-0.3, -0.25) is 4.90 Å². The number of carbonyl (C=O) groups is 1. The van der Waals surface area contributed by atoms with Gasteiger partial charge in [0.15, 0.2) is 11.4 Å². The van der Waals surface area contributed by atoms with Crippen LogP contribution in [-0.2, 0) is 19.0 Å². The number of ether oxygens (including phenoxy) is 3. The summed E-state index contributed by atoms with van der Waals surface area (Å²) in [5, 5.41) is 11.2. The fourth-order valence-electron chi connectivity index (χ4n) is 5.86. The van der Waals surface area contributed by atoms with E-state index in [1.54, 1.807) is 0 Å². The highest BCUT2D eigenvalue weighted by Gasteiger charge is 2.51. The first kappa shape index (κ1) is 26.1. The number of esters is 1. The number of rotatable bonds is 9. The molecule has 1 aliphatic carbocycles. The third-order valence-corrected chi connectivity index (χ3v) is 7.87. The second kappa shape index (κ2) is 11.4. The highest BCUT2D eigenvalue weighted by Crippen LogP contribution is 2.46. The third-order valence-electron chi connectivity index (χ3n) is 7.87. The first-order valence-corrected chi connectivity index (χ1v) is 13.2. The van der Waals surface area contributed by atoms with E-state index in [2.05, 4.69) is 16.7 Å². The van der Waals surface area contributed by atoms with Gasteiger partial charge in [-0.05, 0) is 69.7 Å². The van der Waals surface area contributed by atoms with Crippen molar-refractivity contribution in [1.82, 2.24) is 9.80 Å². The minimum Gasteiger partial charge on any atom is -0.507 e. The van der Waals surface area contributed by atoms with Crippen LogP contribution in [0.25, 0.3) is 5.57 Å². The van der Waals surface area contributed by atoms with E-state index in [-0.39, 0.29) is 11.9 Å². The van der Waals surface area contributed by atoms with Crippen molar-refractivity contribution in [2.75, 3.05) is 59.1 Å². The second-order valence-corrected chi connectivity index (χ2v) is 10.3. The van der Waals surface area contributed by atoms with Gasteiger partial charge in [-0.2, -0.15) is 0 Å². The van der Waals surface area contributed by atoms with Crippen LogP contribution in [0.1, 0.15) is 54.9 Å². The summed E-state index contributed by atoms with van der Waals surface area (Å²) < 4.78 is 17.7. The minimum atomic E-state index is -0.908. The summed E-state index contributed by atoms with van der Waals surface area (Å²) in [6.07, 6.45) is 2.75. The van der Waals surface area contributed by atoms with Gasteiger partial charge >= 0.3 is 5.97 Å². The monoisotopic (exact) mass is 486 g/mol. The summed E-state index contributed by atoms with van der Waals surface area (Å²) >= 11 is 0. The molecule has 35 heavy (non-hydrogen) atoms. The van der Waals surface area contributed by atoms with Gasteiger partial charge in [0.25, 0.3) is 0 Å². The van der Waals surface area contributed by atoms with Crippen molar-refractivity contribution >= 4 is 11.5 Å². The van der Waals surface area contributed by atoms with Crippen molar-refractivity contribution < 1.29 is 24.1 Å². The standard InChI is InChI=1S/C28H42N2O5/c1-5-29-10-12-30(13-11-29)14-15-33-16-17-34-23-6-8-28(9-7-23)26(31)25(27(32)35-28)24-21(3)18-20(2)19-22(24)4/h18-19,23,31H,5-17H2,1-4H3. The van der Waals surface area contributed by atoms with E-state index < -0.39 is 11.6 Å². The summed E-state index contributed by atoms with van der Waals surface area (Å²) in [6.45, 7) is 16.7. The molecule has 7 nitrogen and oxygen atoms in total. The number of aryl methyl sites for hydroxylation is 3. The average molecular weight is 487 g/mol. The minimum absolute atomic E-state index is 0.0964. The molecule has 3 aliphatic rings. The molecule has 0 radical (unpaired) electrons. The van der Waals surface area contributed by atoms with Crippen LogP contribution in [-0.4, -0.2) is 91.7 Å². The highest BCUT2D eigenvalue weighted by molar-refractivity contribution is 6.20. The van der Waals surface area contributed by atoms with Gasteiger partial charge in [-0.1, -0.05) is 24.6 Å². The molecule has 2 fully saturated rings. The molecule has 1 N–H and O–H groups in total. The Hall–Kier alpha value is -1.93. The fraction of sp³-hybridized carbons (Fsp3) is 0.679. The van der Waals surface area contributed by atoms with E-state index >= 15 is 0 Å². The molecule has 1 aromatic carbocycles. The fourth-order valence-corrected chi connectivity index (χ4v) is 5.86. The van der Waals surface area contributed by atoms with Crippen LogP contribution < -0.4 is 0 Å². The molecule has 1 spiro atoms. The van der Waals surface area contributed by atoms with Crippen LogP contribution in [0.4, 0.5) is 0 Å². The smallest absolute Gasteiger partial charge is 0.343 e. The molecule has 7 heteroatoms. The number of carbonyl (C=O) groups excluding carboxylic acids is 1. The zero-order valence-corrected chi connectivity index (χ0v) is 21.9. The summed E-state index contributed by atoms with van der Waals surface area (Å²) in [5.41, 5.74) is 3.34. The van der Waals surface area contributed by atoms with E-state index in [0.29, 0.717) is 31.6 Å². The van der Waals surface area contributed by atoms with Crippen LogP contribution in [0.15, 0.2) is 17.9 Å². The van der Waals surface area contributed by atoms with Crippen molar-refractivity contribution in [3.05, 3.63) is 40.1 Å². The number of hydrogen-bond acceptors (Lipinski definition) is 7. The van der Waals surface area contributed by atoms with Crippen LogP contribution in [0, 0.1) is 20.8 Å². The van der Waals surface area contributed by atoms with Gasteiger partial charge in [0.2, 0.25) is 0 Å². The van der Waals surface area contributed by atoms with E-state index in [9.17, 15) is 9.90 Å². The molecular weight excluding hydrogens is 444 g/mol. The van der Waals surface area contributed by atoms with E-state index in [4.69, 9.17) is 14.2 Å². The lowest BCUT2D eigenvalue weighted by Crippen LogP contribution is -2.47.